The summed E-state index contributed by atoms with van der Waals surface area (Å²) < 4.78 is 5.82. The van der Waals surface area contributed by atoms with Gasteiger partial charge in [0.15, 0.2) is 0 Å². The molecule has 4 nitrogen and oxygen atoms in total. The van der Waals surface area contributed by atoms with Crippen molar-refractivity contribution in [2.45, 2.75) is 32.6 Å². The van der Waals surface area contributed by atoms with Crippen molar-refractivity contribution < 1.29 is 14.0 Å². The van der Waals surface area contributed by atoms with Gasteiger partial charge in [0.05, 0.1) is 0 Å². The lowest BCUT2D eigenvalue weighted by Gasteiger charge is -2.24. The molecule has 2 heterocycles. The number of amides is 2. The monoisotopic (exact) mass is 297 g/mol. The molecule has 0 saturated carbocycles. The molecule has 0 unspecified atom stereocenters. The van der Waals surface area contributed by atoms with Gasteiger partial charge in [0.1, 0.15) is 11.5 Å². The van der Waals surface area contributed by atoms with Crippen LogP contribution in [0, 0.1) is 6.92 Å². The van der Waals surface area contributed by atoms with Crippen LogP contribution in [0.3, 0.4) is 0 Å². The first-order chi connectivity index (χ1) is 10.6. The van der Waals surface area contributed by atoms with Gasteiger partial charge in [0.25, 0.3) is 0 Å². The van der Waals surface area contributed by atoms with Crippen LogP contribution in [0.5, 0.6) is 0 Å². The molecule has 2 aromatic rings. The number of hydrogen-bond acceptors (Lipinski definition) is 3. The maximum atomic E-state index is 11.8. The second kappa shape index (κ2) is 6.18. The molecule has 1 aromatic carbocycles. The number of aryl methyl sites for hydroxylation is 1. The number of carbonyl (C=O) groups is 2. The van der Waals surface area contributed by atoms with Crippen LogP contribution < -0.4 is 0 Å². The molecule has 1 fully saturated rings. The van der Waals surface area contributed by atoms with E-state index in [9.17, 15) is 9.59 Å². The van der Waals surface area contributed by atoms with Crippen molar-refractivity contribution in [1.82, 2.24) is 4.90 Å². The van der Waals surface area contributed by atoms with E-state index in [0.717, 1.165) is 17.1 Å². The van der Waals surface area contributed by atoms with Gasteiger partial charge in [-0.2, -0.15) is 0 Å². The molecule has 114 valence electrons. The molecule has 0 atom stereocenters. The molecule has 0 spiro atoms. The standard InChI is InChI=1S/C18H19NO3/c1-13-5-7-14(8-6-13)16-10-9-15(22-16)11-12-19-17(20)3-2-4-18(19)21/h5-10H,2-4,11-12H2,1H3. The summed E-state index contributed by atoms with van der Waals surface area (Å²) in [7, 11) is 0. The van der Waals surface area contributed by atoms with Crippen LogP contribution in [0.1, 0.15) is 30.6 Å². The van der Waals surface area contributed by atoms with Crippen molar-refractivity contribution in [3.05, 3.63) is 47.7 Å². The van der Waals surface area contributed by atoms with Crippen LogP contribution in [-0.4, -0.2) is 23.3 Å². The van der Waals surface area contributed by atoms with Gasteiger partial charge in [0, 0.05) is 31.4 Å². The summed E-state index contributed by atoms with van der Waals surface area (Å²) in [5.41, 5.74) is 2.24. The van der Waals surface area contributed by atoms with Gasteiger partial charge in [-0.05, 0) is 25.5 Å². The first kappa shape index (κ1) is 14.6. The first-order valence-electron chi connectivity index (χ1n) is 7.62. The minimum absolute atomic E-state index is 0.0680. The molecule has 0 aliphatic carbocycles. The highest BCUT2D eigenvalue weighted by Gasteiger charge is 2.25. The Morgan fingerprint density at radius 3 is 2.36 bits per heavy atom. The fourth-order valence-electron chi connectivity index (χ4n) is 2.66. The van der Waals surface area contributed by atoms with Crippen LogP contribution in [0.25, 0.3) is 11.3 Å². The van der Waals surface area contributed by atoms with Gasteiger partial charge in [-0.1, -0.05) is 29.8 Å². The lowest BCUT2D eigenvalue weighted by atomic mass is 10.1. The van der Waals surface area contributed by atoms with Crippen molar-refractivity contribution >= 4 is 11.8 Å². The van der Waals surface area contributed by atoms with E-state index >= 15 is 0 Å². The number of imide groups is 1. The largest absolute Gasteiger partial charge is 0.461 e. The van der Waals surface area contributed by atoms with Gasteiger partial charge in [0.2, 0.25) is 11.8 Å². The van der Waals surface area contributed by atoms with E-state index in [0.29, 0.717) is 32.2 Å². The van der Waals surface area contributed by atoms with Gasteiger partial charge in [-0.3, -0.25) is 14.5 Å². The number of carbonyl (C=O) groups excluding carboxylic acids is 2. The molecule has 22 heavy (non-hydrogen) atoms. The fraction of sp³-hybridized carbons (Fsp3) is 0.333. The molecule has 3 rings (SSSR count). The van der Waals surface area contributed by atoms with Gasteiger partial charge >= 0.3 is 0 Å². The topological polar surface area (TPSA) is 50.5 Å². The molecule has 1 saturated heterocycles. The first-order valence-corrected chi connectivity index (χ1v) is 7.62. The smallest absolute Gasteiger partial charge is 0.229 e. The summed E-state index contributed by atoms with van der Waals surface area (Å²) in [6.45, 7) is 2.45. The summed E-state index contributed by atoms with van der Waals surface area (Å²) in [5, 5.41) is 0. The van der Waals surface area contributed by atoms with Crippen LogP contribution in [-0.2, 0) is 16.0 Å². The number of nitrogens with zero attached hydrogens (tertiary/aromatic N) is 1. The number of hydrogen-bond donors (Lipinski definition) is 0. The summed E-state index contributed by atoms with van der Waals surface area (Å²) in [5.74, 6) is 1.47. The van der Waals surface area contributed by atoms with E-state index in [2.05, 4.69) is 0 Å². The zero-order valence-corrected chi connectivity index (χ0v) is 12.7. The van der Waals surface area contributed by atoms with E-state index in [-0.39, 0.29) is 11.8 Å². The van der Waals surface area contributed by atoms with Crippen LogP contribution in [0.2, 0.25) is 0 Å². The Hall–Kier alpha value is -2.36. The summed E-state index contributed by atoms with van der Waals surface area (Å²) in [6.07, 6.45) is 2.17. The Kier molecular flexibility index (Phi) is 4.09. The van der Waals surface area contributed by atoms with Crippen LogP contribution >= 0.6 is 0 Å². The maximum Gasteiger partial charge on any atom is 0.229 e. The van der Waals surface area contributed by atoms with Gasteiger partial charge < -0.3 is 4.42 Å². The number of rotatable bonds is 4. The second-order valence-corrected chi connectivity index (χ2v) is 5.67. The number of piperidine rings is 1. The molecule has 1 aliphatic rings. The van der Waals surface area contributed by atoms with Crippen LogP contribution in [0.15, 0.2) is 40.8 Å². The Bertz CT molecular complexity index is 669. The predicted molar refractivity (Wildman–Crippen MR) is 83.2 cm³/mol. The number of furan rings is 1. The summed E-state index contributed by atoms with van der Waals surface area (Å²) in [4.78, 5) is 24.9. The molecule has 1 aromatic heterocycles. The van der Waals surface area contributed by atoms with E-state index < -0.39 is 0 Å². The van der Waals surface area contributed by atoms with E-state index in [1.54, 1.807) is 0 Å². The lowest BCUT2D eigenvalue weighted by Crippen LogP contribution is -2.41. The molecule has 2 amide bonds. The third-order valence-corrected chi connectivity index (χ3v) is 3.96. The predicted octanol–water partition coefficient (Wildman–Crippen LogP) is 3.34. The zero-order chi connectivity index (χ0) is 15.5. The second-order valence-electron chi connectivity index (χ2n) is 5.67. The van der Waals surface area contributed by atoms with E-state index in [1.807, 2.05) is 43.3 Å². The molecule has 0 bridgehead atoms. The van der Waals surface area contributed by atoms with Crippen molar-refractivity contribution in [1.29, 1.82) is 0 Å². The third kappa shape index (κ3) is 3.11. The fourth-order valence-corrected chi connectivity index (χ4v) is 2.66. The maximum absolute atomic E-state index is 11.8. The zero-order valence-electron chi connectivity index (χ0n) is 12.7. The number of likely N-dealkylation sites (tertiary alicyclic amines) is 1. The van der Waals surface area contributed by atoms with Gasteiger partial charge in [-0.25, -0.2) is 0 Å². The average Bonchev–Trinajstić information content (AvgIpc) is 2.96. The normalized spacial score (nSPS) is 15.4. The Balaban J connectivity index is 1.65. The van der Waals surface area contributed by atoms with Crippen LogP contribution in [0.4, 0.5) is 0 Å². The van der Waals surface area contributed by atoms with Crippen molar-refractivity contribution in [3.63, 3.8) is 0 Å². The molecular weight excluding hydrogens is 278 g/mol. The van der Waals surface area contributed by atoms with Crippen molar-refractivity contribution in [2.24, 2.45) is 0 Å². The Morgan fingerprint density at radius 2 is 1.68 bits per heavy atom. The van der Waals surface area contributed by atoms with E-state index in [1.165, 1.54) is 10.5 Å². The minimum Gasteiger partial charge on any atom is -0.461 e. The molecule has 0 N–H and O–H groups in total. The van der Waals surface area contributed by atoms with Crippen molar-refractivity contribution in [2.75, 3.05) is 6.54 Å². The van der Waals surface area contributed by atoms with E-state index in [4.69, 9.17) is 4.42 Å². The molecule has 4 heteroatoms. The molecular formula is C18H19NO3. The third-order valence-electron chi connectivity index (χ3n) is 3.96. The highest BCUT2D eigenvalue weighted by atomic mass is 16.3. The highest BCUT2D eigenvalue weighted by molar-refractivity contribution is 5.97. The quantitative estimate of drug-likeness (QED) is 0.813. The minimum atomic E-state index is -0.0680. The molecule has 1 aliphatic heterocycles. The van der Waals surface area contributed by atoms with Crippen molar-refractivity contribution in [3.8, 4) is 11.3 Å². The average molecular weight is 297 g/mol. The summed E-state index contributed by atoms with van der Waals surface area (Å²) >= 11 is 0. The number of benzene rings is 1. The highest BCUT2D eigenvalue weighted by Crippen LogP contribution is 2.23. The lowest BCUT2D eigenvalue weighted by molar-refractivity contribution is -0.147. The van der Waals surface area contributed by atoms with Gasteiger partial charge in [-0.15, -0.1) is 0 Å². The summed E-state index contributed by atoms with van der Waals surface area (Å²) in [6, 6.07) is 12.0. The Labute approximate surface area is 129 Å². The Morgan fingerprint density at radius 1 is 1.00 bits per heavy atom. The molecule has 0 radical (unpaired) electrons. The SMILES string of the molecule is Cc1ccc(-c2ccc(CCN3C(=O)CCCC3=O)o2)cc1.